The van der Waals surface area contributed by atoms with E-state index in [4.69, 9.17) is 34.8 Å². The zero-order valence-electron chi connectivity index (χ0n) is 11.5. The summed E-state index contributed by atoms with van der Waals surface area (Å²) in [4.78, 5) is 23.4. The fourth-order valence-corrected chi connectivity index (χ4v) is 2.11. The van der Waals surface area contributed by atoms with Crippen molar-refractivity contribution >= 4 is 58.5 Å². The van der Waals surface area contributed by atoms with Crippen LogP contribution in [0.3, 0.4) is 0 Å². The Kier molecular flexibility index (Phi) is 5.98. The molecule has 0 aliphatic rings. The summed E-state index contributed by atoms with van der Waals surface area (Å²) in [7, 11) is 0. The van der Waals surface area contributed by atoms with Gasteiger partial charge in [-0.2, -0.15) is 5.10 Å². The largest absolute Gasteiger partial charge is 0.329 e. The van der Waals surface area contributed by atoms with Crippen LogP contribution in [-0.4, -0.2) is 18.0 Å². The van der Waals surface area contributed by atoms with Gasteiger partial charge in [-0.3, -0.25) is 9.59 Å². The normalized spacial score (nSPS) is 10.6. The van der Waals surface area contributed by atoms with Gasteiger partial charge in [0.05, 0.1) is 27.0 Å². The number of amides is 2. The van der Waals surface area contributed by atoms with Gasteiger partial charge in [0.15, 0.2) is 0 Å². The summed E-state index contributed by atoms with van der Waals surface area (Å²) in [5.41, 5.74) is 2.93. The lowest BCUT2D eigenvalue weighted by molar-refractivity contribution is -0.136. The lowest BCUT2D eigenvalue weighted by Crippen LogP contribution is -2.32. The van der Waals surface area contributed by atoms with Crippen molar-refractivity contribution in [1.29, 1.82) is 0 Å². The van der Waals surface area contributed by atoms with E-state index in [0.717, 1.165) is 0 Å². The predicted octanol–water partition coefficient (Wildman–Crippen LogP) is 3.74. The summed E-state index contributed by atoms with van der Waals surface area (Å²) in [5.74, 6) is -1.84. The minimum atomic E-state index is -0.945. The van der Waals surface area contributed by atoms with E-state index in [-0.39, 0.29) is 0 Å². The number of hydrogen-bond acceptors (Lipinski definition) is 3. The molecule has 0 aliphatic carbocycles. The van der Waals surface area contributed by atoms with Crippen LogP contribution in [0.2, 0.25) is 15.1 Å². The van der Waals surface area contributed by atoms with Gasteiger partial charge in [-0.15, -0.1) is 0 Å². The number of benzene rings is 2. The molecule has 2 N–H and O–H groups in total. The average molecular weight is 371 g/mol. The van der Waals surface area contributed by atoms with Crippen molar-refractivity contribution < 1.29 is 9.59 Å². The van der Waals surface area contributed by atoms with Gasteiger partial charge < -0.3 is 5.32 Å². The molecule has 0 radical (unpaired) electrons. The fourth-order valence-electron chi connectivity index (χ4n) is 1.57. The second kappa shape index (κ2) is 7.97. The Labute approximate surface area is 147 Å². The van der Waals surface area contributed by atoms with Crippen molar-refractivity contribution in [1.82, 2.24) is 5.43 Å². The summed E-state index contributed by atoms with van der Waals surface area (Å²) >= 11 is 17.7. The molecule has 2 amide bonds. The molecule has 0 unspecified atom stereocenters. The first-order valence-electron chi connectivity index (χ1n) is 6.32. The molecule has 0 atom stereocenters. The molecule has 0 saturated heterocycles. The number of hydrogen-bond donors (Lipinski definition) is 2. The standard InChI is InChI=1S/C15H10Cl3N3O2/c16-10-5-1-2-7-12(10)20-14(22)15(23)21-19-8-9-4-3-6-11(17)13(9)18/h1-8H,(H,20,22)(H,21,23)/b19-8+. The molecule has 23 heavy (non-hydrogen) atoms. The molecular formula is C15H10Cl3N3O2. The van der Waals surface area contributed by atoms with E-state index in [2.05, 4.69) is 15.8 Å². The summed E-state index contributed by atoms with van der Waals surface area (Å²) in [6.45, 7) is 0. The number of carbonyl (C=O) groups excluding carboxylic acids is 2. The van der Waals surface area contributed by atoms with Gasteiger partial charge in [0.2, 0.25) is 0 Å². The summed E-state index contributed by atoms with van der Waals surface area (Å²) < 4.78 is 0. The molecule has 0 fully saturated rings. The molecule has 0 saturated carbocycles. The molecule has 0 aromatic heterocycles. The fraction of sp³-hybridized carbons (Fsp3) is 0. The van der Waals surface area contributed by atoms with Crippen molar-refractivity contribution in [3.63, 3.8) is 0 Å². The summed E-state index contributed by atoms with van der Waals surface area (Å²) in [6, 6.07) is 11.5. The highest BCUT2D eigenvalue weighted by molar-refractivity contribution is 6.43. The van der Waals surface area contributed by atoms with Crippen LogP contribution in [0.4, 0.5) is 5.69 Å². The Balaban J connectivity index is 1.96. The summed E-state index contributed by atoms with van der Waals surface area (Å²) in [6.07, 6.45) is 1.29. The highest BCUT2D eigenvalue weighted by Crippen LogP contribution is 2.24. The maximum Gasteiger partial charge on any atom is 0.329 e. The average Bonchev–Trinajstić information content (AvgIpc) is 2.53. The highest BCUT2D eigenvalue weighted by atomic mass is 35.5. The van der Waals surface area contributed by atoms with Crippen LogP contribution in [0.25, 0.3) is 0 Å². The Morgan fingerprint density at radius 3 is 2.35 bits per heavy atom. The van der Waals surface area contributed by atoms with Gasteiger partial charge in [0, 0.05) is 5.56 Å². The van der Waals surface area contributed by atoms with E-state index in [1.165, 1.54) is 6.21 Å². The van der Waals surface area contributed by atoms with Crippen molar-refractivity contribution in [2.24, 2.45) is 5.10 Å². The van der Waals surface area contributed by atoms with Crippen molar-refractivity contribution in [2.75, 3.05) is 5.32 Å². The van der Waals surface area contributed by atoms with Crippen LogP contribution < -0.4 is 10.7 Å². The minimum absolute atomic E-state index is 0.299. The van der Waals surface area contributed by atoms with E-state index in [9.17, 15) is 9.59 Å². The number of nitrogens with one attached hydrogen (secondary N) is 2. The number of hydrazone groups is 1. The van der Waals surface area contributed by atoms with Crippen LogP contribution in [0, 0.1) is 0 Å². The summed E-state index contributed by atoms with van der Waals surface area (Å²) in [5, 5.41) is 7.02. The van der Waals surface area contributed by atoms with Crippen LogP contribution in [0.5, 0.6) is 0 Å². The van der Waals surface area contributed by atoms with Gasteiger partial charge in [-0.1, -0.05) is 59.1 Å². The van der Waals surface area contributed by atoms with Crippen LogP contribution in [-0.2, 0) is 9.59 Å². The molecule has 0 heterocycles. The minimum Gasteiger partial charge on any atom is -0.316 e. The van der Waals surface area contributed by atoms with E-state index >= 15 is 0 Å². The first kappa shape index (κ1) is 17.3. The molecule has 8 heteroatoms. The first-order valence-corrected chi connectivity index (χ1v) is 7.45. The second-order valence-corrected chi connectivity index (χ2v) is 5.47. The van der Waals surface area contributed by atoms with Crippen molar-refractivity contribution in [3.05, 3.63) is 63.1 Å². The quantitative estimate of drug-likeness (QED) is 0.491. The third kappa shape index (κ3) is 4.69. The van der Waals surface area contributed by atoms with Crippen LogP contribution in [0.1, 0.15) is 5.56 Å². The molecule has 0 spiro atoms. The van der Waals surface area contributed by atoms with Crippen molar-refractivity contribution in [3.8, 4) is 0 Å². The van der Waals surface area contributed by atoms with Gasteiger partial charge in [-0.25, -0.2) is 5.43 Å². The lowest BCUT2D eigenvalue weighted by Gasteiger charge is -2.05. The number of nitrogens with zero attached hydrogens (tertiary/aromatic N) is 1. The smallest absolute Gasteiger partial charge is 0.316 e. The molecule has 0 bridgehead atoms. The zero-order valence-corrected chi connectivity index (χ0v) is 13.8. The third-order valence-electron chi connectivity index (χ3n) is 2.68. The Hall–Kier alpha value is -2.08. The molecule has 2 rings (SSSR count). The van der Waals surface area contributed by atoms with E-state index in [1.54, 1.807) is 42.5 Å². The van der Waals surface area contributed by atoms with Crippen molar-refractivity contribution in [2.45, 2.75) is 0 Å². The van der Waals surface area contributed by atoms with E-state index in [1.807, 2.05) is 0 Å². The Morgan fingerprint density at radius 2 is 1.61 bits per heavy atom. The molecule has 5 nitrogen and oxygen atoms in total. The topological polar surface area (TPSA) is 70.6 Å². The number of rotatable bonds is 3. The molecule has 2 aromatic carbocycles. The lowest BCUT2D eigenvalue weighted by atomic mass is 10.2. The predicted molar refractivity (Wildman–Crippen MR) is 92.3 cm³/mol. The third-order valence-corrected chi connectivity index (χ3v) is 3.84. The molecule has 0 aliphatic heterocycles. The van der Waals surface area contributed by atoms with Gasteiger partial charge in [0.25, 0.3) is 0 Å². The number of anilines is 1. The zero-order chi connectivity index (χ0) is 16.8. The molecule has 118 valence electrons. The highest BCUT2D eigenvalue weighted by Gasteiger charge is 2.14. The second-order valence-electron chi connectivity index (χ2n) is 4.28. The van der Waals surface area contributed by atoms with Gasteiger partial charge in [0.1, 0.15) is 0 Å². The number of halogens is 3. The van der Waals surface area contributed by atoms with E-state index in [0.29, 0.717) is 26.3 Å². The Morgan fingerprint density at radius 1 is 0.913 bits per heavy atom. The van der Waals surface area contributed by atoms with Crippen LogP contribution >= 0.6 is 34.8 Å². The first-order chi connectivity index (χ1) is 11.0. The van der Waals surface area contributed by atoms with Gasteiger partial charge >= 0.3 is 11.8 Å². The SMILES string of the molecule is O=C(N/N=C/c1cccc(Cl)c1Cl)C(=O)Nc1ccccc1Cl. The molecular weight excluding hydrogens is 361 g/mol. The number of carbonyl (C=O) groups is 2. The maximum atomic E-state index is 11.7. The number of para-hydroxylation sites is 1. The van der Waals surface area contributed by atoms with E-state index < -0.39 is 11.8 Å². The molecule has 2 aromatic rings. The monoisotopic (exact) mass is 369 g/mol. The maximum absolute atomic E-state index is 11.7. The Bertz CT molecular complexity index is 778. The van der Waals surface area contributed by atoms with Crippen LogP contribution in [0.15, 0.2) is 47.6 Å². The van der Waals surface area contributed by atoms with Gasteiger partial charge in [-0.05, 0) is 18.2 Å².